The summed E-state index contributed by atoms with van der Waals surface area (Å²) in [7, 11) is -3.07. The molecule has 2 aromatic carbocycles. The van der Waals surface area contributed by atoms with Gasteiger partial charge in [0, 0.05) is 19.1 Å². The Hall–Kier alpha value is -2.16. The number of benzene rings is 2. The molecule has 1 fully saturated rings. The van der Waals surface area contributed by atoms with Gasteiger partial charge in [-0.15, -0.1) is 0 Å². The van der Waals surface area contributed by atoms with Crippen LogP contribution >= 0.6 is 0 Å². The Morgan fingerprint density at radius 2 is 1.90 bits per heavy atom. The van der Waals surface area contributed by atoms with E-state index in [-0.39, 0.29) is 36.4 Å². The van der Waals surface area contributed by atoms with E-state index in [2.05, 4.69) is 0 Å². The van der Waals surface area contributed by atoms with Crippen LogP contribution in [0.25, 0.3) is 0 Å². The zero-order valence-electron chi connectivity index (χ0n) is 17.7. The second-order valence-electron chi connectivity index (χ2n) is 7.87. The zero-order valence-corrected chi connectivity index (χ0v) is 18.6. The standard InChI is InChI=1S/C23H30FNO5S/c1-2-12-29-21-9-7-18(8-10-21)14-25(19-11-13-31(27,28)17-19)15-20(26)16-30-23-6-4-3-5-22(23)24/h3-10,19-20,26H,2,11-17H2,1H3. The quantitative estimate of drug-likeness (QED) is 0.566. The number of hydrogen-bond donors (Lipinski definition) is 1. The second kappa shape index (κ2) is 10.9. The number of rotatable bonds is 11. The van der Waals surface area contributed by atoms with Crippen LogP contribution in [0, 0.1) is 5.82 Å². The molecule has 0 radical (unpaired) electrons. The van der Waals surface area contributed by atoms with E-state index in [9.17, 15) is 17.9 Å². The molecule has 31 heavy (non-hydrogen) atoms. The van der Waals surface area contributed by atoms with Crippen LogP contribution in [-0.2, 0) is 16.4 Å². The van der Waals surface area contributed by atoms with Crippen LogP contribution < -0.4 is 9.47 Å². The van der Waals surface area contributed by atoms with Gasteiger partial charge in [-0.05, 0) is 42.7 Å². The molecule has 0 spiro atoms. The third kappa shape index (κ3) is 7.19. The number of aliphatic hydroxyl groups excluding tert-OH is 1. The summed E-state index contributed by atoms with van der Waals surface area (Å²) in [5, 5.41) is 10.5. The number of hydrogen-bond acceptors (Lipinski definition) is 6. The summed E-state index contributed by atoms with van der Waals surface area (Å²) in [6.07, 6.45) is 0.564. The lowest BCUT2D eigenvalue weighted by atomic mass is 10.1. The summed E-state index contributed by atoms with van der Waals surface area (Å²) in [6, 6.07) is 13.5. The van der Waals surface area contributed by atoms with Crippen LogP contribution in [0.15, 0.2) is 48.5 Å². The molecule has 1 N–H and O–H groups in total. The van der Waals surface area contributed by atoms with Crippen molar-refractivity contribution in [3.05, 3.63) is 59.9 Å². The molecule has 170 valence electrons. The van der Waals surface area contributed by atoms with Gasteiger partial charge >= 0.3 is 0 Å². The summed E-state index contributed by atoms with van der Waals surface area (Å²) in [4.78, 5) is 1.97. The van der Waals surface area contributed by atoms with Gasteiger partial charge in [0.25, 0.3) is 0 Å². The summed E-state index contributed by atoms with van der Waals surface area (Å²) >= 11 is 0. The fourth-order valence-corrected chi connectivity index (χ4v) is 5.38. The number of para-hydroxylation sites is 1. The van der Waals surface area contributed by atoms with E-state index in [1.165, 1.54) is 12.1 Å². The lowest BCUT2D eigenvalue weighted by Crippen LogP contribution is -2.42. The Labute approximate surface area is 183 Å². The van der Waals surface area contributed by atoms with Crippen molar-refractivity contribution in [3.8, 4) is 11.5 Å². The molecule has 8 heteroatoms. The van der Waals surface area contributed by atoms with Crippen molar-refractivity contribution in [2.24, 2.45) is 0 Å². The summed E-state index contributed by atoms with van der Waals surface area (Å²) in [5.74, 6) is 0.614. The Kier molecular flexibility index (Phi) is 8.28. The van der Waals surface area contributed by atoms with E-state index < -0.39 is 21.8 Å². The molecule has 6 nitrogen and oxygen atoms in total. The Balaban J connectivity index is 1.64. The Bertz CT molecular complexity index is 935. The molecule has 2 unspecified atom stereocenters. The van der Waals surface area contributed by atoms with Crippen LogP contribution in [0.1, 0.15) is 25.3 Å². The number of halogens is 1. The zero-order chi connectivity index (χ0) is 22.3. The van der Waals surface area contributed by atoms with Crippen molar-refractivity contribution < 1.29 is 27.4 Å². The van der Waals surface area contributed by atoms with E-state index >= 15 is 0 Å². The highest BCUT2D eigenvalue weighted by Gasteiger charge is 2.33. The Morgan fingerprint density at radius 3 is 2.55 bits per heavy atom. The van der Waals surface area contributed by atoms with Crippen molar-refractivity contribution in [2.45, 2.75) is 38.5 Å². The minimum atomic E-state index is -3.07. The molecule has 1 heterocycles. The van der Waals surface area contributed by atoms with E-state index in [1.54, 1.807) is 12.1 Å². The molecular weight excluding hydrogens is 421 g/mol. The van der Waals surface area contributed by atoms with E-state index in [0.717, 1.165) is 17.7 Å². The summed E-state index contributed by atoms with van der Waals surface area (Å²) in [6.45, 7) is 3.33. The highest BCUT2D eigenvalue weighted by atomic mass is 32.2. The molecule has 0 aromatic heterocycles. The first-order valence-corrected chi connectivity index (χ1v) is 12.4. The maximum Gasteiger partial charge on any atom is 0.165 e. The predicted octanol–water partition coefficient (Wildman–Crippen LogP) is 3.04. The smallest absolute Gasteiger partial charge is 0.165 e. The molecule has 1 saturated heterocycles. The van der Waals surface area contributed by atoms with Crippen molar-refractivity contribution in [1.29, 1.82) is 0 Å². The predicted molar refractivity (Wildman–Crippen MR) is 118 cm³/mol. The third-order valence-corrected chi connectivity index (χ3v) is 6.97. The number of sulfone groups is 1. The maximum absolute atomic E-state index is 13.7. The van der Waals surface area contributed by atoms with Crippen molar-refractivity contribution in [1.82, 2.24) is 4.90 Å². The van der Waals surface area contributed by atoms with Gasteiger partial charge < -0.3 is 14.6 Å². The van der Waals surface area contributed by atoms with Crippen LogP contribution in [0.5, 0.6) is 11.5 Å². The second-order valence-corrected chi connectivity index (χ2v) is 10.1. The fourth-order valence-electron chi connectivity index (χ4n) is 3.62. The van der Waals surface area contributed by atoms with Gasteiger partial charge in [-0.2, -0.15) is 0 Å². The monoisotopic (exact) mass is 451 g/mol. The van der Waals surface area contributed by atoms with Crippen LogP contribution in [0.3, 0.4) is 0 Å². The minimum Gasteiger partial charge on any atom is -0.494 e. The molecule has 0 aliphatic carbocycles. The van der Waals surface area contributed by atoms with Gasteiger partial charge in [-0.1, -0.05) is 31.2 Å². The molecule has 2 atom stereocenters. The van der Waals surface area contributed by atoms with E-state index in [1.807, 2.05) is 36.1 Å². The van der Waals surface area contributed by atoms with E-state index in [4.69, 9.17) is 9.47 Å². The Morgan fingerprint density at radius 1 is 1.16 bits per heavy atom. The molecule has 0 amide bonds. The maximum atomic E-state index is 13.7. The van der Waals surface area contributed by atoms with E-state index in [0.29, 0.717) is 19.6 Å². The summed E-state index contributed by atoms with van der Waals surface area (Å²) in [5.41, 5.74) is 0.996. The van der Waals surface area contributed by atoms with Gasteiger partial charge in [0.2, 0.25) is 0 Å². The van der Waals surface area contributed by atoms with Gasteiger partial charge in [0.1, 0.15) is 18.5 Å². The van der Waals surface area contributed by atoms with Crippen LogP contribution in [-0.4, -0.2) is 61.8 Å². The van der Waals surface area contributed by atoms with Gasteiger partial charge in [-0.3, -0.25) is 4.90 Å². The molecule has 1 aliphatic rings. The average molecular weight is 452 g/mol. The number of ether oxygens (including phenoxy) is 2. The molecule has 2 aromatic rings. The third-order valence-electron chi connectivity index (χ3n) is 5.22. The SMILES string of the molecule is CCCOc1ccc(CN(CC(O)COc2ccccc2F)C2CCS(=O)(=O)C2)cc1. The molecular formula is C23H30FNO5S. The van der Waals surface area contributed by atoms with Crippen LogP contribution in [0.4, 0.5) is 4.39 Å². The van der Waals surface area contributed by atoms with Crippen LogP contribution in [0.2, 0.25) is 0 Å². The summed E-state index contributed by atoms with van der Waals surface area (Å²) < 4.78 is 48.8. The molecule has 1 aliphatic heterocycles. The minimum absolute atomic E-state index is 0.0750. The topological polar surface area (TPSA) is 76.1 Å². The van der Waals surface area contributed by atoms with Gasteiger partial charge in [-0.25, -0.2) is 12.8 Å². The van der Waals surface area contributed by atoms with Crippen molar-refractivity contribution >= 4 is 9.84 Å². The average Bonchev–Trinajstić information content (AvgIpc) is 3.12. The molecule has 0 bridgehead atoms. The van der Waals surface area contributed by atoms with Crippen molar-refractivity contribution in [3.63, 3.8) is 0 Å². The highest BCUT2D eigenvalue weighted by molar-refractivity contribution is 7.91. The van der Waals surface area contributed by atoms with Gasteiger partial charge in [0.15, 0.2) is 21.4 Å². The largest absolute Gasteiger partial charge is 0.494 e. The van der Waals surface area contributed by atoms with Gasteiger partial charge in [0.05, 0.1) is 18.1 Å². The van der Waals surface area contributed by atoms with Crippen molar-refractivity contribution in [2.75, 3.05) is 31.3 Å². The first-order valence-electron chi connectivity index (χ1n) is 10.6. The normalized spacial score (nSPS) is 18.8. The number of nitrogens with zero attached hydrogens (tertiary/aromatic N) is 1. The first kappa shape index (κ1) is 23.5. The molecule has 3 rings (SSSR count). The number of aliphatic hydroxyl groups is 1. The lowest BCUT2D eigenvalue weighted by Gasteiger charge is -2.30. The molecule has 0 saturated carbocycles. The fraction of sp³-hybridized carbons (Fsp3) is 0.478. The first-order chi connectivity index (χ1) is 14.9. The lowest BCUT2D eigenvalue weighted by molar-refractivity contribution is 0.0513. The highest BCUT2D eigenvalue weighted by Crippen LogP contribution is 2.22.